The fraction of sp³-hybridized carbons (Fsp3) is 0.476. The summed E-state index contributed by atoms with van der Waals surface area (Å²) in [6.07, 6.45) is 8.62. The Bertz CT molecular complexity index is 860. The summed E-state index contributed by atoms with van der Waals surface area (Å²) in [6, 6.07) is 7.84. The largest absolute Gasteiger partial charge is 0.494 e. The van der Waals surface area contributed by atoms with E-state index in [0.717, 1.165) is 36.0 Å². The van der Waals surface area contributed by atoms with Crippen LogP contribution >= 0.6 is 11.8 Å². The van der Waals surface area contributed by atoms with Crippen LogP contribution in [0.5, 0.6) is 5.75 Å². The van der Waals surface area contributed by atoms with Crippen molar-refractivity contribution in [2.24, 2.45) is 0 Å². The Labute approximate surface area is 175 Å². The number of aromatic amines is 1. The van der Waals surface area contributed by atoms with Crippen molar-refractivity contribution in [2.75, 3.05) is 26.2 Å². The average molecular weight is 414 g/mol. The number of benzene rings is 1. The molecule has 4 rings (SSSR count). The molecule has 0 amide bonds. The molecule has 1 unspecified atom stereocenters. The predicted octanol–water partition coefficient (Wildman–Crippen LogP) is 4.57. The number of ether oxygens (including phenoxy) is 1. The molecule has 0 spiro atoms. The first-order valence-corrected chi connectivity index (χ1v) is 11.1. The van der Waals surface area contributed by atoms with Crippen molar-refractivity contribution in [1.29, 1.82) is 0 Å². The van der Waals surface area contributed by atoms with E-state index in [1.165, 1.54) is 32.4 Å². The predicted molar refractivity (Wildman–Crippen MR) is 113 cm³/mol. The smallest absolute Gasteiger partial charge is 0.247 e. The van der Waals surface area contributed by atoms with Crippen molar-refractivity contribution >= 4 is 11.8 Å². The van der Waals surface area contributed by atoms with E-state index in [4.69, 9.17) is 9.15 Å². The highest BCUT2D eigenvalue weighted by Gasteiger charge is 2.17. The Balaban J connectivity index is 1.26. The number of aromatic nitrogens is 4. The minimum Gasteiger partial charge on any atom is -0.494 e. The Kier molecular flexibility index (Phi) is 6.84. The summed E-state index contributed by atoms with van der Waals surface area (Å²) in [6.45, 7) is 6.35. The molecule has 1 fully saturated rings. The van der Waals surface area contributed by atoms with E-state index < -0.39 is 0 Å². The summed E-state index contributed by atoms with van der Waals surface area (Å²) in [5, 5.41) is 9.22. The number of hydrogen-bond acceptors (Lipinski definition) is 7. The van der Waals surface area contributed by atoms with Crippen LogP contribution in [-0.4, -0.2) is 51.3 Å². The van der Waals surface area contributed by atoms with Crippen LogP contribution < -0.4 is 4.74 Å². The molecular weight excluding hydrogens is 386 g/mol. The molecule has 7 nitrogen and oxygen atoms in total. The molecule has 154 valence electrons. The maximum atomic E-state index is 5.88. The average Bonchev–Trinajstić information content (AvgIpc) is 3.45. The fourth-order valence-electron chi connectivity index (χ4n) is 3.40. The van der Waals surface area contributed by atoms with Crippen LogP contribution in [-0.2, 0) is 0 Å². The molecule has 8 heteroatoms. The number of thioether (sulfide) groups is 1. The minimum atomic E-state index is 0.0184. The lowest BCUT2D eigenvalue weighted by Crippen LogP contribution is -2.31. The van der Waals surface area contributed by atoms with Crippen LogP contribution in [0.3, 0.4) is 0 Å². The maximum absolute atomic E-state index is 5.88. The summed E-state index contributed by atoms with van der Waals surface area (Å²) >= 11 is 1.55. The Morgan fingerprint density at radius 2 is 2.00 bits per heavy atom. The molecule has 1 atom stereocenters. The number of rotatable bonds is 9. The fourth-order valence-corrected chi connectivity index (χ4v) is 4.19. The number of nitrogens with zero attached hydrogens (tertiary/aromatic N) is 4. The highest BCUT2D eigenvalue weighted by atomic mass is 32.2. The third-order valence-electron chi connectivity index (χ3n) is 4.99. The van der Waals surface area contributed by atoms with Gasteiger partial charge in [0.25, 0.3) is 0 Å². The van der Waals surface area contributed by atoms with Gasteiger partial charge in [0.15, 0.2) is 5.16 Å². The van der Waals surface area contributed by atoms with Gasteiger partial charge in [-0.05, 0) is 63.5 Å². The first-order valence-electron chi connectivity index (χ1n) is 10.2. The molecule has 1 aliphatic heterocycles. The van der Waals surface area contributed by atoms with Crippen molar-refractivity contribution in [3.8, 4) is 17.2 Å². The van der Waals surface area contributed by atoms with Crippen LogP contribution in [0, 0.1) is 0 Å². The minimum absolute atomic E-state index is 0.0184. The van der Waals surface area contributed by atoms with Gasteiger partial charge in [-0.3, -0.25) is 0 Å². The Hall–Kier alpha value is -2.32. The normalized spacial score (nSPS) is 16.0. The Morgan fingerprint density at radius 3 is 2.76 bits per heavy atom. The standard InChI is InChI=1S/C21H27N5O2S/c1-16(29-21-22-10-11-23-21)19-24-25-20(28-19)17-6-8-18(9-7-17)27-15-5-14-26-12-3-2-4-13-26/h6-11,16H,2-5,12-15H2,1H3,(H,22,23). The van der Waals surface area contributed by atoms with E-state index in [0.29, 0.717) is 11.8 Å². The lowest BCUT2D eigenvalue weighted by Gasteiger charge is -2.26. The molecule has 2 aromatic heterocycles. The number of nitrogens with one attached hydrogen (secondary N) is 1. The van der Waals surface area contributed by atoms with E-state index in [1.807, 2.05) is 31.2 Å². The van der Waals surface area contributed by atoms with Gasteiger partial charge in [0.2, 0.25) is 11.8 Å². The Morgan fingerprint density at radius 1 is 1.17 bits per heavy atom. The highest BCUT2D eigenvalue weighted by Crippen LogP contribution is 2.33. The van der Waals surface area contributed by atoms with Crippen LogP contribution in [0.2, 0.25) is 0 Å². The van der Waals surface area contributed by atoms with Gasteiger partial charge in [0, 0.05) is 24.5 Å². The molecule has 1 saturated heterocycles. The number of likely N-dealkylation sites (tertiary alicyclic amines) is 1. The van der Waals surface area contributed by atoms with Gasteiger partial charge in [-0.1, -0.05) is 18.2 Å². The molecule has 0 saturated carbocycles. The quantitative estimate of drug-likeness (QED) is 0.407. The summed E-state index contributed by atoms with van der Waals surface area (Å²) in [4.78, 5) is 9.82. The second-order valence-electron chi connectivity index (χ2n) is 7.23. The molecule has 1 N–H and O–H groups in total. The SMILES string of the molecule is CC(Sc1ncc[nH]1)c1nnc(-c2ccc(OCCCN3CCCCC3)cc2)o1. The van der Waals surface area contributed by atoms with E-state index in [2.05, 4.69) is 25.1 Å². The third kappa shape index (κ3) is 5.61. The first kappa shape index (κ1) is 20.0. The van der Waals surface area contributed by atoms with Gasteiger partial charge in [0.1, 0.15) is 5.75 Å². The third-order valence-corrected chi connectivity index (χ3v) is 5.99. The van der Waals surface area contributed by atoms with Gasteiger partial charge >= 0.3 is 0 Å². The van der Waals surface area contributed by atoms with Crippen LogP contribution in [0.1, 0.15) is 43.7 Å². The van der Waals surface area contributed by atoms with Gasteiger partial charge < -0.3 is 19.0 Å². The summed E-state index contributed by atoms with van der Waals surface area (Å²) < 4.78 is 11.7. The second kappa shape index (κ2) is 9.93. The molecule has 1 aliphatic rings. The van der Waals surface area contributed by atoms with Crippen molar-refractivity contribution in [3.05, 3.63) is 42.5 Å². The van der Waals surface area contributed by atoms with E-state index in [9.17, 15) is 0 Å². The van der Waals surface area contributed by atoms with Crippen molar-refractivity contribution in [1.82, 2.24) is 25.1 Å². The van der Waals surface area contributed by atoms with Gasteiger partial charge in [0.05, 0.1) is 11.9 Å². The second-order valence-corrected chi connectivity index (χ2v) is 8.56. The summed E-state index contributed by atoms with van der Waals surface area (Å²) in [5.74, 6) is 1.97. The monoisotopic (exact) mass is 413 g/mol. The molecule has 29 heavy (non-hydrogen) atoms. The van der Waals surface area contributed by atoms with Crippen LogP contribution in [0.25, 0.3) is 11.5 Å². The number of H-pyrrole nitrogens is 1. The van der Waals surface area contributed by atoms with E-state index in [1.54, 1.807) is 24.2 Å². The van der Waals surface area contributed by atoms with Gasteiger partial charge in [-0.2, -0.15) is 0 Å². The lowest BCUT2D eigenvalue weighted by atomic mass is 10.1. The number of hydrogen-bond donors (Lipinski definition) is 1. The van der Waals surface area contributed by atoms with Gasteiger partial charge in [-0.25, -0.2) is 4.98 Å². The maximum Gasteiger partial charge on any atom is 0.247 e. The highest BCUT2D eigenvalue weighted by molar-refractivity contribution is 7.99. The van der Waals surface area contributed by atoms with Crippen molar-refractivity contribution in [3.63, 3.8) is 0 Å². The molecule has 0 bridgehead atoms. The van der Waals surface area contributed by atoms with E-state index >= 15 is 0 Å². The van der Waals surface area contributed by atoms with E-state index in [-0.39, 0.29) is 5.25 Å². The molecule has 0 aliphatic carbocycles. The zero-order valence-electron chi connectivity index (χ0n) is 16.7. The number of imidazole rings is 1. The molecule has 0 radical (unpaired) electrons. The molecular formula is C21H27N5O2S. The zero-order valence-corrected chi connectivity index (χ0v) is 17.5. The number of piperidine rings is 1. The molecule has 1 aromatic carbocycles. The zero-order chi connectivity index (χ0) is 19.9. The molecule has 3 heterocycles. The van der Waals surface area contributed by atoms with Crippen molar-refractivity contribution in [2.45, 2.75) is 43.0 Å². The topological polar surface area (TPSA) is 80.1 Å². The summed E-state index contributed by atoms with van der Waals surface area (Å²) in [7, 11) is 0. The summed E-state index contributed by atoms with van der Waals surface area (Å²) in [5.41, 5.74) is 0.889. The van der Waals surface area contributed by atoms with Crippen LogP contribution in [0.4, 0.5) is 0 Å². The van der Waals surface area contributed by atoms with Gasteiger partial charge in [-0.15, -0.1) is 10.2 Å². The van der Waals surface area contributed by atoms with Crippen LogP contribution in [0.15, 0.2) is 46.2 Å². The van der Waals surface area contributed by atoms with Crippen molar-refractivity contribution < 1.29 is 9.15 Å². The lowest BCUT2D eigenvalue weighted by molar-refractivity contribution is 0.205. The molecule has 3 aromatic rings. The first-order chi connectivity index (χ1) is 14.3.